The molecule has 7 nitrogen and oxygen atoms in total. The SMILES string of the molecule is CCCC(=O)Nc1ccccc1C(=O)Nc1nnc(-c2ccc(OC)cc2)s1. The van der Waals surface area contributed by atoms with Gasteiger partial charge in [0.15, 0.2) is 0 Å². The van der Waals surface area contributed by atoms with E-state index >= 15 is 0 Å². The first-order valence-electron chi connectivity index (χ1n) is 8.79. The molecular formula is C20H20N4O3S. The van der Waals surface area contributed by atoms with Gasteiger partial charge in [-0.3, -0.25) is 14.9 Å². The topological polar surface area (TPSA) is 93.2 Å². The van der Waals surface area contributed by atoms with Gasteiger partial charge in [0, 0.05) is 12.0 Å². The lowest BCUT2D eigenvalue weighted by Gasteiger charge is -2.10. The average Bonchev–Trinajstić information content (AvgIpc) is 3.17. The summed E-state index contributed by atoms with van der Waals surface area (Å²) in [5, 5.41) is 14.8. The Morgan fingerprint density at radius 3 is 2.50 bits per heavy atom. The number of aromatic nitrogens is 2. The van der Waals surface area contributed by atoms with Gasteiger partial charge in [-0.1, -0.05) is 30.4 Å². The molecule has 2 aromatic carbocycles. The molecule has 0 radical (unpaired) electrons. The number of carbonyl (C=O) groups excluding carboxylic acids is 2. The molecule has 1 aromatic heterocycles. The van der Waals surface area contributed by atoms with Crippen molar-refractivity contribution in [2.24, 2.45) is 0 Å². The normalized spacial score (nSPS) is 10.4. The van der Waals surface area contributed by atoms with E-state index in [0.29, 0.717) is 27.8 Å². The number of para-hydroxylation sites is 1. The summed E-state index contributed by atoms with van der Waals surface area (Å²) in [7, 11) is 1.61. The molecule has 8 heteroatoms. The summed E-state index contributed by atoms with van der Waals surface area (Å²) in [4.78, 5) is 24.5. The minimum absolute atomic E-state index is 0.125. The standard InChI is InChI=1S/C20H20N4O3S/c1-3-6-17(25)21-16-8-5-4-7-15(16)18(26)22-20-24-23-19(28-20)13-9-11-14(27-2)12-10-13/h4-5,7-12H,3,6H2,1-2H3,(H,21,25)(H,22,24,26). The molecule has 3 aromatic rings. The Morgan fingerprint density at radius 1 is 1.04 bits per heavy atom. The lowest BCUT2D eigenvalue weighted by Crippen LogP contribution is -2.17. The maximum absolute atomic E-state index is 12.7. The van der Waals surface area contributed by atoms with Crippen LogP contribution in [-0.2, 0) is 4.79 Å². The first kappa shape index (κ1) is 19.5. The molecule has 0 unspecified atom stereocenters. The molecule has 28 heavy (non-hydrogen) atoms. The predicted octanol–water partition coefficient (Wildman–Crippen LogP) is 4.20. The number of hydrogen-bond acceptors (Lipinski definition) is 6. The fourth-order valence-electron chi connectivity index (χ4n) is 2.52. The van der Waals surface area contributed by atoms with Crippen molar-refractivity contribution in [1.29, 1.82) is 0 Å². The Kier molecular flexibility index (Phi) is 6.33. The maximum atomic E-state index is 12.7. The van der Waals surface area contributed by atoms with E-state index in [9.17, 15) is 9.59 Å². The number of nitrogens with one attached hydrogen (secondary N) is 2. The Bertz CT molecular complexity index is 970. The minimum atomic E-state index is -0.357. The summed E-state index contributed by atoms with van der Waals surface area (Å²) in [6.45, 7) is 1.92. The molecule has 0 aliphatic heterocycles. The Hall–Kier alpha value is -3.26. The second-order valence-electron chi connectivity index (χ2n) is 5.94. The van der Waals surface area contributed by atoms with E-state index in [0.717, 1.165) is 17.7 Å². The van der Waals surface area contributed by atoms with E-state index < -0.39 is 0 Å². The molecule has 0 atom stereocenters. The lowest BCUT2D eigenvalue weighted by molar-refractivity contribution is -0.116. The molecule has 0 fully saturated rings. The molecule has 0 spiro atoms. The second kappa shape index (κ2) is 9.09. The van der Waals surface area contributed by atoms with Gasteiger partial charge in [0.2, 0.25) is 11.0 Å². The minimum Gasteiger partial charge on any atom is -0.497 e. The quantitative estimate of drug-likeness (QED) is 0.624. The van der Waals surface area contributed by atoms with E-state index in [1.165, 1.54) is 11.3 Å². The van der Waals surface area contributed by atoms with Gasteiger partial charge in [0.1, 0.15) is 10.8 Å². The van der Waals surface area contributed by atoms with Gasteiger partial charge in [0.25, 0.3) is 5.91 Å². The molecule has 0 aliphatic carbocycles. The monoisotopic (exact) mass is 396 g/mol. The first-order valence-corrected chi connectivity index (χ1v) is 9.60. The van der Waals surface area contributed by atoms with Crippen LogP contribution in [0.3, 0.4) is 0 Å². The van der Waals surface area contributed by atoms with Crippen LogP contribution >= 0.6 is 11.3 Å². The molecular weight excluding hydrogens is 376 g/mol. The van der Waals surface area contributed by atoms with Crippen LogP contribution in [0, 0.1) is 0 Å². The van der Waals surface area contributed by atoms with Gasteiger partial charge in [-0.2, -0.15) is 0 Å². The molecule has 1 heterocycles. The van der Waals surface area contributed by atoms with E-state index in [4.69, 9.17) is 4.74 Å². The number of nitrogens with zero attached hydrogens (tertiary/aromatic N) is 2. The molecule has 3 rings (SSSR count). The predicted molar refractivity (Wildman–Crippen MR) is 110 cm³/mol. The zero-order valence-corrected chi connectivity index (χ0v) is 16.4. The summed E-state index contributed by atoms with van der Waals surface area (Å²) in [5.74, 6) is 0.272. The van der Waals surface area contributed by atoms with Crippen molar-refractivity contribution in [2.45, 2.75) is 19.8 Å². The zero-order valence-electron chi connectivity index (χ0n) is 15.6. The maximum Gasteiger partial charge on any atom is 0.259 e. The third kappa shape index (κ3) is 4.72. The van der Waals surface area contributed by atoms with Crippen molar-refractivity contribution in [1.82, 2.24) is 10.2 Å². The van der Waals surface area contributed by atoms with Crippen LogP contribution in [-0.4, -0.2) is 29.1 Å². The smallest absolute Gasteiger partial charge is 0.259 e. The number of methoxy groups -OCH3 is 1. The Balaban J connectivity index is 1.73. The highest BCUT2D eigenvalue weighted by molar-refractivity contribution is 7.18. The summed E-state index contributed by atoms with van der Waals surface area (Å²) >= 11 is 1.27. The number of anilines is 2. The third-order valence-corrected chi connectivity index (χ3v) is 4.79. The summed E-state index contributed by atoms with van der Waals surface area (Å²) < 4.78 is 5.15. The van der Waals surface area contributed by atoms with Gasteiger partial charge < -0.3 is 10.1 Å². The van der Waals surface area contributed by atoms with Gasteiger partial charge >= 0.3 is 0 Å². The number of ether oxygens (including phenoxy) is 1. The molecule has 0 saturated heterocycles. The van der Waals surface area contributed by atoms with Gasteiger partial charge in [-0.25, -0.2) is 0 Å². The Morgan fingerprint density at radius 2 is 1.79 bits per heavy atom. The van der Waals surface area contributed by atoms with Crippen molar-refractivity contribution < 1.29 is 14.3 Å². The van der Waals surface area contributed by atoms with Crippen molar-refractivity contribution in [3.8, 4) is 16.3 Å². The molecule has 0 saturated carbocycles. The van der Waals surface area contributed by atoms with Crippen molar-refractivity contribution in [3.05, 3.63) is 54.1 Å². The van der Waals surface area contributed by atoms with Crippen LogP contribution in [0.5, 0.6) is 5.75 Å². The van der Waals surface area contributed by atoms with E-state index in [1.807, 2.05) is 31.2 Å². The number of benzene rings is 2. The van der Waals surface area contributed by atoms with E-state index in [1.54, 1.807) is 31.4 Å². The van der Waals surface area contributed by atoms with Crippen molar-refractivity contribution in [3.63, 3.8) is 0 Å². The third-order valence-electron chi connectivity index (χ3n) is 3.91. The van der Waals surface area contributed by atoms with Crippen LogP contribution in [0.15, 0.2) is 48.5 Å². The number of hydrogen-bond donors (Lipinski definition) is 2. The van der Waals surface area contributed by atoms with Gasteiger partial charge in [-0.05, 0) is 42.8 Å². The summed E-state index contributed by atoms with van der Waals surface area (Å²) in [6.07, 6.45) is 1.14. The first-order chi connectivity index (χ1) is 13.6. The average molecular weight is 396 g/mol. The fourth-order valence-corrected chi connectivity index (χ4v) is 3.26. The highest BCUT2D eigenvalue weighted by Gasteiger charge is 2.15. The van der Waals surface area contributed by atoms with Crippen LogP contribution < -0.4 is 15.4 Å². The highest BCUT2D eigenvalue weighted by Crippen LogP contribution is 2.28. The second-order valence-corrected chi connectivity index (χ2v) is 6.92. The number of carbonyl (C=O) groups is 2. The van der Waals surface area contributed by atoms with E-state index in [2.05, 4.69) is 20.8 Å². The van der Waals surface area contributed by atoms with Crippen LogP contribution in [0.4, 0.5) is 10.8 Å². The van der Waals surface area contributed by atoms with Gasteiger partial charge in [0.05, 0.1) is 18.4 Å². The lowest BCUT2D eigenvalue weighted by atomic mass is 10.1. The number of rotatable bonds is 7. The zero-order chi connectivity index (χ0) is 19.9. The summed E-state index contributed by atoms with van der Waals surface area (Å²) in [5.41, 5.74) is 1.72. The van der Waals surface area contributed by atoms with Crippen molar-refractivity contribution >= 4 is 34.0 Å². The highest BCUT2D eigenvalue weighted by atomic mass is 32.1. The molecule has 2 amide bonds. The van der Waals surface area contributed by atoms with Crippen molar-refractivity contribution in [2.75, 3.05) is 17.7 Å². The van der Waals surface area contributed by atoms with Crippen LogP contribution in [0.1, 0.15) is 30.1 Å². The number of amides is 2. The fraction of sp³-hybridized carbons (Fsp3) is 0.200. The van der Waals surface area contributed by atoms with Crippen LogP contribution in [0.2, 0.25) is 0 Å². The molecule has 144 valence electrons. The molecule has 2 N–H and O–H groups in total. The summed E-state index contributed by atoms with van der Waals surface area (Å²) in [6, 6.07) is 14.3. The Labute approximate surface area is 166 Å². The molecule has 0 bridgehead atoms. The molecule has 0 aliphatic rings. The largest absolute Gasteiger partial charge is 0.497 e. The van der Waals surface area contributed by atoms with Gasteiger partial charge in [-0.15, -0.1) is 10.2 Å². The van der Waals surface area contributed by atoms with Crippen LogP contribution in [0.25, 0.3) is 10.6 Å². The van der Waals surface area contributed by atoms with E-state index in [-0.39, 0.29) is 11.8 Å².